The number of rotatable bonds is 0. The Labute approximate surface area is 77.8 Å². The van der Waals surface area contributed by atoms with Gasteiger partial charge in [-0.15, -0.1) is 0 Å². The average molecular weight is 178 g/mol. The summed E-state index contributed by atoms with van der Waals surface area (Å²) in [5.74, 6) is 0.329. The third-order valence-electron chi connectivity index (χ3n) is 2.68. The van der Waals surface area contributed by atoms with Crippen molar-refractivity contribution in [3.05, 3.63) is 29.3 Å². The Balaban J connectivity index is 2.30. The van der Waals surface area contributed by atoms with Crippen LogP contribution in [0.5, 0.6) is 5.75 Å². The topological polar surface area (TPSA) is 40.5 Å². The Hall–Kier alpha value is -1.02. The zero-order chi connectivity index (χ0) is 9.26. The van der Waals surface area contributed by atoms with Crippen LogP contribution in [0.4, 0.5) is 0 Å². The molecule has 1 aliphatic rings. The maximum Gasteiger partial charge on any atom is 0.115 e. The molecule has 1 aliphatic carbocycles. The first-order valence-corrected chi connectivity index (χ1v) is 4.74. The number of aromatic hydroxyl groups is 1. The monoisotopic (exact) mass is 178 g/mol. The lowest BCUT2D eigenvalue weighted by atomic mass is 10.0. The summed E-state index contributed by atoms with van der Waals surface area (Å²) in [6, 6.07) is 5.49. The minimum absolute atomic E-state index is 0.172. The number of benzene rings is 1. The molecule has 0 saturated carbocycles. The van der Waals surface area contributed by atoms with Crippen LogP contribution in [0.2, 0.25) is 0 Å². The van der Waals surface area contributed by atoms with Crippen LogP contribution >= 0.6 is 0 Å². The maximum atomic E-state index is 9.47. The Morgan fingerprint density at radius 2 is 1.77 bits per heavy atom. The van der Waals surface area contributed by atoms with E-state index in [0.717, 1.165) is 25.7 Å². The SMILES string of the molecule is Oc1ccc2c(c1)CCC(O)CC2. The minimum Gasteiger partial charge on any atom is -0.508 e. The van der Waals surface area contributed by atoms with Gasteiger partial charge in [-0.05, 0) is 48.9 Å². The van der Waals surface area contributed by atoms with E-state index in [1.165, 1.54) is 11.1 Å². The van der Waals surface area contributed by atoms with Gasteiger partial charge in [0.1, 0.15) is 5.75 Å². The lowest BCUT2D eigenvalue weighted by molar-refractivity contribution is 0.158. The van der Waals surface area contributed by atoms with Gasteiger partial charge in [0.2, 0.25) is 0 Å². The maximum absolute atomic E-state index is 9.47. The third kappa shape index (κ3) is 1.83. The number of phenolic OH excluding ortho intramolecular Hbond substituents is 1. The van der Waals surface area contributed by atoms with Crippen molar-refractivity contribution >= 4 is 0 Å². The van der Waals surface area contributed by atoms with Crippen LogP contribution in [-0.4, -0.2) is 16.3 Å². The quantitative estimate of drug-likeness (QED) is 0.593. The summed E-state index contributed by atoms with van der Waals surface area (Å²) >= 11 is 0. The molecule has 0 aliphatic heterocycles. The van der Waals surface area contributed by atoms with Crippen molar-refractivity contribution < 1.29 is 10.2 Å². The smallest absolute Gasteiger partial charge is 0.115 e. The molecule has 2 nitrogen and oxygen atoms in total. The van der Waals surface area contributed by atoms with Crippen LogP contribution in [0, 0.1) is 0 Å². The fraction of sp³-hybridized carbons (Fsp3) is 0.455. The van der Waals surface area contributed by atoms with Gasteiger partial charge in [-0.2, -0.15) is 0 Å². The van der Waals surface area contributed by atoms with Crippen LogP contribution in [-0.2, 0) is 12.8 Å². The number of aliphatic hydroxyl groups excluding tert-OH is 1. The van der Waals surface area contributed by atoms with Gasteiger partial charge in [-0.25, -0.2) is 0 Å². The summed E-state index contributed by atoms with van der Waals surface area (Å²) in [6.45, 7) is 0. The molecule has 1 atom stereocenters. The highest BCUT2D eigenvalue weighted by molar-refractivity contribution is 5.35. The van der Waals surface area contributed by atoms with Gasteiger partial charge < -0.3 is 10.2 Å². The summed E-state index contributed by atoms with van der Waals surface area (Å²) in [4.78, 5) is 0. The van der Waals surface area contributed by atoms with Gasteiger partial charge in [0.15, 0.2) is 0 Å². The second kappa shape index (κ2) is 3.38. The molecule has 2 heteroatoms. The zero-order valence-corrected chi connectivity index (χ0v) is 7.53. The Kier molecular flexibility index (Phi) is 2.23. The fourth-order valence-electron chi connectivity index (χ4n) is 1.88. The molecule has 0 aromatic heterocycles. The van der Waals surface area contributed by atoms with Crippen molar-refractivity contribution in [2.24, 2.45) is 0 Å². The number of hydrogen-bond donors (Lipinski definition) is 2. The van der Waals surface area contributed by atoms with Crippen molar-refractivity contribution in [1.82, 2.24) is 0 Å². The standard InChI is InChI=1S/C11H14O2/c12-10-4-1-8-2-6-11(13)7-9(8)3-5-10/h2,6-7,10,12-13H,1,3-5H2. The highest BCUT2D eigenvalue weighted by Gasteiger charge is 2.13. The molecule has 1 aromatic rings. The van der Waals surface area contributed by atoms with E-state index < -0.39 is 0 Å². The molecule has 0 radical (unpaired) electrons. The van der Waals surface area contributed by atoms with Crippen LogP contribution in [0.3, 0.4) is 0 Å². The molecular formula is C11H14O2. The largest absolute Gasteiger partial charge is 0.508 e. The number of phenols is 1. The van der Waals surface area contributed by atoms with E-state index in [0.29, 0.717) is 5.75 Å². The molecule has 1 aromatic carbocycles. The molecule has 0 bridgehead atoms. The predicted octanol–water partition coefficient (Wildman–Crippen LogP) is 1.63. The molecular weight excluding hydrogens is 164 g/mol. The van der Waals surface area contributed by atoms with Gasteiger partial charge in [-0.3, -0.25) is 0 Å². The molecule has 70 valence electrons. The Bertz CT molecular complexity index is 307. The molecule has 0 fully saturated rings. The highest BCUT2D eigenvalue weighted by Crippen LogP contribution is 2.24. The Morgan fingerprint density at radius 1 is 1.08 bits per heavy atom. The van der Waals surface area contributed by atoms with Gasteiger partial charge in [0, 0.05) is 0 Å². The molecule has 0 heterocycles. The van der Waals surface area contributed by atoms with Gasteiger partial charge in [0.05, 0.1) is 6.10 Å². The van der Waals surface area contributed by atoms with Crippen molar-refractivity contribution in [3.63, 3.8) is 0 Å². The summed E-state index contributed by atoms with van der Waals surface area (Å²) in [6.07, 6.45) is 3.30. The second-order valence-electron chi connectivity index (χ2n) is 3.68. The van der Waals surface area contributed by atoms with Gasteiger partial charge in [-0.1, -0.05) is 6.07 Å². The summed E-state index contributed by atoms with van der Waals surface area (Å²) < 4.78 is 0. The van der Waals surface area contributed by atoms with E-state index in [9.17, 15) is 10.2 Å². The van der Waals surface area contributed by atoms with Crippen LogP contribution in [0.15, 0.2) is 18.2 Å². The summed E-state index contributed by atoms with van der Waals surface area (Å²) in [5.41, 5.74) is 2.46. The summed E-state index contributed by atoms with van der Waals surface area (Å²) in [5, 5.41) is 18.8. The van der Waals surface area contributed by atoms with Gasteiger partial charge >= 0.3 is 0 Å². The number of hydrogen-bond acceptors (Lipinski definition) is 2. The number of aliphatic hydroxyl groups is 1. The number of fused-ring (bicyclic) bond motifs is 1. The first-order chi connectivity index (χ1) is 6.25. The first-order valence-electron chi connectivity index (χ1n) is 4.74. The molecule has 1 unspecified atom stereocenters. The average Bonchev–Trinajstić information content (AvgIpc) is 2.29. The van der Waals surface area contributed by atoms with Crippen molar-refractivity contribution in [2.45, 2.75) is 31.8 Å². The van der Waals surface area contributed by atoms with E-state index in [4.69, 9.17) is 0 Å². The molecule has 0 amide bonds. The zero-order valence-electron chi connectivity index (χ0n) is 7.53. The van der Waals surface area contributed by atoms with E-state index in [1.54, 1.807) is 6.07 Å². The van der Waals surface area contributed by atoms with Gasteiger partial charge in [0.25, 0.3) is 0 Å². The Morgan fingerprint density at radius 3 is 2.54 bits per heavy atom. The normalized spacial score (nSPS) is 22.1. The molecule has 2 rings (SSSR count). The fourth-order valence-corrected chi connectivity index (χ4v) is 1.88. The van der Waals surface area contributed by atoms with Crippen molar-refractivity contribution in [3.8, 4) is 5.75 Å². The lowest BCUT2D eigenvalue weighted by Gasteiger charge is -2.04. The van der Waals surface area contributed by atoms with E-state index in [2.05, 4.69) is 0 Å². The van der Waals surface area contributed by atoms with E-state index in [1.807, 2.05) is 12.1 Å². The van der Waals surface area contributed by atoms with Crippen molar-refractivity contribution in [2.75, 3.05) is 0 Å². The minimum atomic E-state index is -0.172. The highest BCUT2D eigenvalue weighted by atomic mass is 16.3. The van der Waals surface area contributed by atoms with Crippen LogP contribution < -0.4 is 0 Å². The predicted molar refractivity (Wildman–Crippen MR) is 50.8 cm³/mol. The van der Waals surface area contributed by atoms with E-state index in [-0.39, 0.29) is 6.10 Å². The number of aryl methyl sites for hydroxylation is 2. The third-order valence-corrected chi connectivity index (χ3v) is 2.68. The lowest BCUT2D eigenvalue weighted by Crippen LogP contribution is -2.05. The van der Waals surface area contributed by atoms with Crippen LogP contribution in [0.25, 0.3) is 0 Å². The molecule has 0 saturated heterocycles. The molecule has 2 N–H and O–H groups in total. The van der Waals surface area contributed by atoms with Crippen molar-refractivity contribution in [1.29, 1.82) is 0 Å². The first kappa shape index (κ1) is 8.57. The second-order valence-corrected chi connectivity index (χ2v) is 3.68. The molecule has 0 spiro atoms. The summed E-state index contributed by atoms with van der Waals surface area (Å²) in [7, 11) is 0. The van der Waals surface area contributed by atoms with Crippen LogP contribution in [0.1, 0.15) is 24.0 Å². The molecule has 13 heavy (non-hydrogen) atoms. The van der Waals surface area contributed by atoms with E-state index >= 15 is 0 Å².